The number of halogens is 2. The predicted octanol–water partition coefficient (Wildman–Crippen LogP) is 3.65. The van der Waals surface area contributed by atoms with Crippen LogP contribution in [0.1, 0.15) is 32.6 Å². The fourth-order valence-electron chi connectivity index (χ4n) is 3.56. The zero-order valence-corrected chi connectivity index (χ0v) is 16.9. The fourth-order valence-corrected chi connectivity index (χ4v) is 4.71. The summed E-state index contributed by atoms with van der Waals surface area (Å²) in [6, 6.07) is 4.86. The molecule has 1 saturated carbocycles. The van der Waals surface area contributed by atoms with Crippen LogP contribution in [0.15, 0.2) is 27.1 Å². The quantitative estimate of drug-likeness (QED) is 0.659. The Hall–Kier alpha value is -1.41. The van der Waals surface area contributed by atoms with E-state index in [2.05, 4.69) is 42.5 Å². The van der Waals surface area contributed by atoms with Crippen molar-refractivity contribution >= 4 is 55.4 Å². The van der Waals surface area contributed by atoms with Gasteiger partial charge in [0.2, 0.25) is 5.91 Å². The predicted molar refractivity (Wildman–Crippen MR) is 101 cm³/mol. The second-order valence-electron chi connectivity index (χ2n) is 6.61. The van der Waals surface area contributed by atoms with E-state index < -0.39 is 17.5 Å². The minimum atomic E-state index is -0.839. The number of hydrogen-bond donors (Lipinski definition) is 2. The zero-order valence-electron chi connectivity index (χ0n) is 13.8. The molecule has 4 amide bonds. The van der Waals surface area contributed by atoms with Gasteiger partial charge in [0.1, 0.15) is 12.1 Å². The van der Waals surface area contributed by atoms with Crippen molar-refractivity contribution in [2.24, 2.45) is 5.92 Å². The Morgan fingerprint density at radius 3 is 2.80 bits per heavy atom. The normalized spacial score (nSPS) is 26.0. The van der Waals surface area contributed by atoms with Crippen LogP contribution in [-0.2, 0) is 9.59 Å². The molecule has 1 aliphatic heterocycles. The first-order valence-corrected chi connectivity index (χ1v) is 9.81. The number of rotatable bonds is 3. The minimum Gasteiger partial charge on any atom is -0.323 e. The van der Waals surface area contributed by atoms with Crippen LogP contribution in [0.3, 0.4) is 0 Å². The van der Waals surface area contributed by atoms with Crippen LogP contribution in [0.2, 0.25) is 0 Å². The minimum absolute atomic E-state index is 0.0754. The lowest BCUT2D eigenvalue weighted by atomic mass is 9.73. The Labute approximate surface area is 163 Å². The van der Waals surface area contributed by atoms with Crippen LogP contribution in [0.5, 0.6) is 0 Å². The molecule has 2 fully saturated rings. The van der Waals surface area contributed by atoms with Crippen molar-refractivity contribution in [3.63, 3.8) is 0 Å². The van der Waals surface area contributed by atoms with E-state index in [9.17, 15) is 14.4 Å². The van der Waals surface area contributed by atoms with Crippen LogP contribution in [0.25, 0.3) is 0 Å². The van der Waals surface area contributed by atoms with Crippen LogP contribution in [-0.4, -0.2) is 34.8 Å². The lowest BCUT2D eigenvalue weighted by Gasteiger charge is -2.36. The first kappa shape index (κ1) is 18.4. The molecule has 8 heteroatoms. The number of urea groups is 1. The summed E-state index contributed by atoms with van der Waals surface area (Å²) in [5, 5.41) is 5.58. The van der Waals surface area contributed by atoms with Gasteiger partial charge in [0.05, 0.1) is 5.69 Å². The van der Waals surface area contributed by atoms with E-state index >= 15 is 0 Å². The molecular formula is C17H19Br2N3O3. The van der Waals surface area contributed by atoms with Gasteiger partial charge in [0, 0.05) is 8.95 Å². The molecule has 1 spiro atoms. The van der Waals surface area contributed by atoms with Gasteiger partial charge < -0.3 is 10.6 Å². The van der Waals surface area contributed by atoms with Gasteiger partial charge >= 0.3 is 6.03 Å². The number of nitrogens with zero attached hydrogens (tertiary/aromatic N) is 1. The second kappa shape index (κ2) is 7.07. The van der Waals surface area contributed by atoms with E-state index in [1.54, 1.807) is 12.1 Å². The molecule has 2 N–H and O–H groups in total. The Bertz CT molecular complexity index is 740. The molecule has 134 valence electrons. The van der Waals surface area contributed by atoms with Crippen LogP contribution < -0.4 is 10.6 Å². The Balaban J connectivity index is 1.71. The smallest absolute Gasteiger partial charge is 0.323 e. The first-order chi connectivity index (χ1) is 11.8. The maximum Gasteiger partial charge on any atom is 0.325 e. The van der Waals surface area contributed by atoms with Crippen molar-refractivity contribution < 1.29 is 14.4 Å². The molecule has 3 rings (SSSR count). The van der Waals surface area contributed by atoms with E-state index in [1.807, 2.05) is 13.0 Å². The second-order valence-corrected chi connectivity index (χ2v) is 8.38. The summed E-state index contributed by atoms with van der Waals surface area (Å²) < 4.78 is 1.59. The van der Waals surface area contributed by atoms with Crippen LogP contribution >= 0.6 is 31.9 Å². The average molecular weight is 473 g/mol. The molecule has 25 heavy (non-hydrogen) atoms. The van der Waals surface area contributed by atoms with Crippen molar-refractivity contribution in [1.29, 1.82) is 0 Å². The molecule has 1 aliphatic carbocycles. The summed E-state index contributed by atoms with van der Waals surface area (Å²) in [5.74, 6) is -0.617. The van der Waals surface area contributed by atoms with Gasteiger partial charge in [-0.1, -0.05) is 35.7 Å². The zero-order chi connectivity index (χ0) is 18.2. The van der Waals surface area contributed by atoms with Gasteiger partial charge in [-0.05, 0) is 52.9 Å². The van der Waals surface area contributed by atoms with E-state index in [1.165, 1.54) is 0 Å². The largest absolute Gasteiger partial charge is 0.325 e. The van der Waals surface area contributed by atoms with Crippen molar-refractivity contribution in [3.05, 3.63) is 27.1 Å². The Kier molecular flexibility index (Phi) is 5.20. The SMILES string of the molecule is C[C@@H]1CCCC[C@@]12NC(=O)N(CC(=O)Nc1ccc(Br)cc1Br)C2=O. The van der Waals surface area contributed by atoms with Crippen molar-refractivity contribution in [1.82, 2.24) is 10.2 Å². The highest BCUT2D eigenvalue weighted by atomic mass is 79.9. The number of nitrogens with one attached hydrogen (secondary N) is 2. The number of anilines is 1. The molecule has 1 aromatic carbocycles. The topological polar surface area (TPSA) is 78.5 Å². The third-order valence-electron chi connectivity index (χ3n) is 5.01. The van der Waals surface area contributed by atoms with Gasteiger partial charge in [-0.25, -0.2) is 4.79 Å². The average Bonchev–Trinajstić information content (AvgIpc) is 2.78. The molecule has 2 aliphatic rings. The Morgan fingerprint density at radius 1 is 1.36 bits per heavy atom. The standard InChI is InChI=1S/C17H19Br2N3O3/c1-10-4-2-3-7-17(10)15(24)22(16(25)21-17)9-14(23)20-13-6-5-11(18)8-12(13)19/h5-6,8,10H,2-4,7,9H2,1H3,(H,20,23)(H,21,25)/t10-,17-/m1/s1. The summed E-state index contributed by atoms with van der Waals surface area (Å²) in [4.78, 5) is 38.5. The van der Waals surface area contributed by atoms with Crippen molar-refractivity contribution in [2.45, 2.75) is 38.1 Å². The fraction of sp³-hybridized carbons (Fsp3) is 0.471. The summed E-state index contributed by atoms with van der Waals surface area (Å²) >= 11 is 6.72. The highest BCUT2D eigenvalue weighted by molar-refractivity contribution is 9.11. The van der Waals surface area contributed by atoms with Gasteiger partial charge in [-0.3, -0.25) is 14.5 Å². The number of benzene rings is 1. The van der Waals surface area contributed by atoms with Crippen LogP contribution in [0.4, 0.5) is 10.5 Å². The number of carbonyl (C=O) groups excluding carboxylic acids is 3. The summed E-state index contributed by atoms with van der Waals surface area (Å²) in [6.07, 6.45) is 3.50. The summed E-state index contributed by atoms with van der Waals surface area (Å²) in [5.41, 5.74) is -0.255. The van der Waals surface area contributed by atoms with E-state index in [4.69, 9.17) is 0 Å². The number of amides is 4. The van der Waals surface area contributed by atoms with Gasteiger partial charge in [0.25, 0.3) is 5.91 Å². The molecule has 6 nitrogen and oxygen atoms in total. The third-order valence-corrected chi connectivity index (χ3v) is 6.16. The number of imide groups is 1. The van der Waals surface area contributed by atoms with Gasteiger partial charge in [-0.2, -0.15) is 0 Å². The summed E-state index contributed by atoms with van der Waals surface area (Å²) in [7, 11) is 0. The highest BCUT2D eigenvalue weighted by Gasteiger charge is 2.55. The monoisotopic (exact) mass is 471 g/mol. The molecule has 1 heterocycles. The number of hydrogen-bond acceptors (Lipinski definition) is 3. The lowest BCUT2D eigenvalue weighted by molar-refractivity contribution is -0.136. The third kappa shape index (κ3) is 3.46. The van der Waals surface area contributed by atoms with Crippen LogP contribution in [0, 0.1) is 5.92 Å². The van der Waals surface area contributed by atoms with Gasteiger partial charge in [0.15, 0.2) is 0 Å². The molecule has 1 saturated heterocycles. The molecule has 0 radical (unpaired) electrons. The van der Waals surface area contributed by atoms with E-state index in [0.29, 0.717) is 16.6 Å². The molecule has 2 atom stereocenters. The van der Waals surface area contributed by atoms with Gasteiger partial charge in [-0.15, -0.1) is 0 Å². The number of carbonyl (C=O) groups is 3. The maximum atomic E-state index is 12.8. The maximum absolute atomic E-state index is 12.8. The van der Waals surface area contributed by atoms with Crippen molar-refractivity contribution in [2.75, 3.05) is 11.9 Å². The molecule has 0 aromatic heterocycles. The van der Waals surface area contributed by atoms with Crippen molar-refractivity contribution in [3.8, 4) is 0 Å². The van der Waals surface area contributed by atoms with E-state index in [-0.39, 0.29) is 18.4 Å². The summed E-state index contributed by atoms with van der Waals surface area (Å²) in [6.45, 7) is 1.70. The molecule has 0 unspecified atom stereocenters. The molecular weight excluding hydrogens is 454 g/mol. The Morgan fingerprint density at radius 2 is 2.12 bits per heavy atom. The lowest BCUT2D eigenvalue weighted by Crippen LogP contribution is -2.54. The molecule has 0 bridgehead atoms. The molecule has 1 aromatic rings. The van der Waals surface area contributed by atoms with E-state index in [0.717, 1.165) is 28.6 Å². The first-order valence-electron chi connectivity index (χ1n) is 8.22. The highest BCUT2D eigenvalue weighted by Crippen LogP contribution is 2.38.